The van der Waals surface area contributed by atoms with Crippen molar-refractivity contribution in [3.63, 3.8) is 0 Å². The highest BCUT2D eigenvalue weighted by atomic mass is 19.1. The summed E-state index contributed by atoms with van der Waals surface area (Å²) >= 11 is 0. The summed E-state index contributed by atoms with van der Waals surface area (Å²) in [6, 6.07) is 5.96. The van der Waals surface area contributed by atoms with Crippen molar-refractivity contribution in [3.05, 3.63) is 47.8 Å². The van der Waals surface area contributed by atoms with Gasteiger partial charge in [0.2, 0.25) is 5.91 Å². The fraction of sp³-hybridized carbons (Fsp3) is 0.231. The van der Waals surface area contributed by atoms with E-state index in [2.05, 4.69) is 5.32 Å². The van der Waals surface area contributed by atoms with E-state index in [4.69, 9.17) is 5.11 Å². The second kappa shape index (κ2) is 7.21. The number of carboxylic acid groups (broad SMARTS) is 1. The SMILES string of the molecule is O=C(O)/C=C/CNC(=O)CCc1ccc(F)cc1. The van der Waals surface area contributed by atoms with Gasteiger partial charge in [0, 0.05) is 19.0 Å². The summed E-state index contributed by atoms with van der Waals surface area (Å²) in [6.45, 7) is 0.189. The van der Waals surface area contributed by atoms with Gasteiger partial charge in [-0.1, -0.05) is 18.2 Å². The summed E-state index contributed by atoms with van der Waals surface area (Å²) in [4.78, 5) is 21.5. The minimum Gasteiger partial charge on any atom is -0.478 e. The van der Waals surface area contributed by atoms with Gasteiger partial charge in [-0.3, -0.25) is 4.79 Å². The molecule has 2 N–H and O–H groups in total. The fourth-order valence-corrected chi connectivity index (χ4v) is 1.33. The Bertz CT molecular complexity index is 440. The number of carbonyl (C=O) groups is 2. The van der Waals surface area contributed by atoms with E-state index < -0.39 is 5.97 Å². The Morgan fingerprint density at radius 2 is 1.94 bits per heavy atom. The van der Waals surface area contributed by atoms with Crippen LogP contribution in [0.25, 0.3) is 0 Å². The Hall–Kier alpha value is -2.17. The van der Waals surface area contributed by atoms with E-state index >= 15 is 0 Å². The predicted molar refractivity (Wildman–Crippen MR) is 64.5 cm³/mol. The van der Waals surface area contributed by atoms with Gasteiger partial charge < -0.3 is 10.4 Å². The van der Waals surface area contributed by atoms with Crippen LogP contribution in [0, 0.1) is 5.82 Å². The summed E-state index contributed by atoms with van der Waals surface area (Å²) in [5.41, 5.74) is 0.882. The van der Waals surface area contributed by atoms with Crippen LogP contribution in [0.4, 0.5) is 4.39 Å². The molecule has 1 amide bonds. The second-order valence-electron chi connectivity index (χ2n) is 3.67. The van der Waals surface area contributed by atoms with E-state index in [9.17, 15) is 14.0 Å². The van der Waals surface area contributed by atoms with Crippen LogP contribution in [0.1, 0.15) is 12.0 Å². The summed E-state index contributed by atoms with van der Waals surface area (Å²) in [6.07, 6.45) is 3.14. The molecule has 1 aromatic rings. The van der Waals surface area contributed by atoms with E-state index in [0.717, 1.165) is 11.6 Å². The molecule has 1 rings (SSSR count). The molecular formula is C13H14FNO3. The van der Waals surface area contributed by atoms with Crippen molar-refractivity contribution in [2.24, 2.45) is 0 Å². The average molecular weight is 251 g/mol. The fourth-order valence-electron chi connectivity index (χ4n) is 1.33. The highest BCUT2D eigenvalue weighted by molar-refractivity contribution is 5.80. The Balaban J connectivity index is 2.25. The first-order chi connectivity index (χ1) is 8.58. The van der Waals surface area contributed by atoms with Gasteiger partial charge in [0.25, 0.3) is 0 Å². The van der Waals surface area contributed by atoms with Crippen molar-refractivity contribution in [3.8, 4) is 0 Å². The molecule has 0 aliphatic carbocycles. The Labute approximate surface area is 104 Å². The van der Waals surface area contributed by atoms with Gasteiger partial charge in [-0.25, -0.2) is 9.18 Å². The number of rotatable bonds is 6. The van der Waals surface area contributed by atoms with Crippen LogP contribution in [0.5, 0.6) is 0 Å². The quantitative estimate of drug-likeness (QED) is 0.753. The average Bonchev–Trinajstić information content (AvgIpc) is 2.34. The highest BCUT2D eigenvalue weighted by Crippen LogP contribution is 2.05. The normalized spacial score (nSPS) is 10.5. The zero-order chi connectivity index (χ0) is 13.4. The van der Waals surface area contributed by atoms with Gasteiger partial charge in [-0.15, -0.1) is 0 Å². The van der Waals surface area contributed by atoms with Crippen LogP contribution in [0.15, 0.2) is 36.4 Å². The van der Waals surface area contributed by atoms with Gasteiger partial charge in [0.15, 0.2) is 0 Å². The zero-order valence-corrected chi connectivity index (χ0v) is 9.73. The molecular weight excluding hydrogens is 237 g/mol. The van der Waals surface area contributed by atoms with Crippen LogP contribution in [-0.4, -0.2) is 23.5 Å². The highest BCUT2D eigenvalue weighted by Gasteiger charge is 2.01. The first kappa shape index (κ1) is 13.9. The van der Waals surface area contributed by atoms with Crippen LogP contribution in [-0.2, 0) is 16.0 Å². The molecule has 18 heavy (non-hydrogen) atoms. The number of hydrogen-bond donors (Lipinski definition) is 2. The van der Waals surface area contributed by atoms with Crippen LogP contribution in [0.3, 0.4) is 0 Å². The third-order valence-electron chi connectivity index (χ3n) is 2.23. The molecule has 1 aromatic carbocycles. The number of aliphatic carboxylic acids is 1. The molecule has 0 saturated heterocycles. The molecule has 4 nitrogen and oxygen atoms in total. The Morgan fingerprint density at radius 1 is 1.28 bits per heavy atom. The zero-order valence-electron chi connectivity index (χ0n) is 9.73. The molecule has 0 heterocycles. The van der Waals surface area contributed by atoms with Gasteiger partial charge in [0.1, 0.15) is 5.82 Å². The van der Waals surface area contributed by atoms with E-state index in [-0.39, 0.29) is 24.7 Å². The first-order valence-corrected chi connectivity index (χ1v) is 5.48. The molecule has 0 radical (unpaired) electrons. The molecule has 96 valence electrons. The molecule has 0 fully saturated rings. The number of nitrogens with one attached hydrogen (secondary N) is 1. The van der Waals surface area contributed by atoms with Crippen LogP contribution < -0.4 is 5.32 Å². The van der Waals surface area contributed by atoms with E-state index in [1.165, 1.54) is 18.2 Å². The Morgan fingerprint density at radius 3 is 2.56 bits per heavy atom. The maximum Gasteiger partial charge on any atom is 0.328 e. The molecule has 0 aromatic heterocycles. The van der Waals surface area contributed by atoms with E-state index in [1.807, 2.05) is 0 Å². The van der Waals surface area contributed by atoms with Gasteiger partial charge in [-0.2, -0.15) is 0 Å². The summed E-state index contributed by atoms with van der Waals surface area (Å²) in [5, 5.41) is 10.9. The first-order valence-electron chi connectivity index (χ1n) is 5.48. The smallest absolute Gasteiger partial charge is 0.328 e. The molecule has 0 aliphatic heterocycles. The lowest BCUT2D eigenvalue weighted by Gasteiger charge is -2.02. The number of carboxylic acids is 1. The molecule has 0 atom stereocenters. The van der Waals surface area contributed by atoms with Crippen molar-refractivity contribution in [2.75, 3.05) is 6.54 Å². The monoisotopic (exact) mass is 251 g/mol. The summed E-state index contributed by atoms with van der Waals surface area (Å²) in [7, 11) is 0. The molecule has 0 spiro atoms. The molecule has 0 bridgehead atoms. The van der Waals surface area contributed by atoms with Gasteiger partial charge in [-0.05, 0) is 24.1 Å². The molecule has 0 saturated carbocycles. The van der Waals surface area contributed by atoms with Crippen LogP contribution >= 0.6 is 0 Å². The van der Waals surface area contributed by atoms with Crippen molar-refractivity contribution in [2.45, 2.75) is 12.8 Å². The second-order valence-corrected chi connectivity index (χ2v) is 3.67. The molecule has 0 unspecified atom stereocenters. The standard InChI is InChI=1S/C13H14FNO3/c14-11-6-3-10(4-7-11)5-8-12(16)15-9-1-2-13(17)18/h1-4,6-7H,5,8-9H2,(H,15,16)(H,17,18)/b2-1+. The van der Waals surface area contributed by atoms with Gasteiger partial charge >= 0.3 is 5.97 Å². The maximum absolute atomic E-state index is 12.6. The predicted octanol–water partition coefficient (Wildman–Crippen LogP) is 1.52. The lowest BCUT2D eigenvalue weighted by Crippen LogP contribution is -2.23. The van der Waals surface area contributed by atoms with Crippen molar-refractivity contribution >= 4 is 11.9 Å². The van der Waals surface area contributed by atoms with E-state index in [0.29, 0.717) is 6.42 Å². The summed E-state index contributed by atoms with van der Waals surface area (Å²) in [5.74, 6) is -1.52. The molecule has 0 aliphatic rings. The summed E-state index contributed by atoms with van der Waals surface area (Å²) < 4.78 is 12.6. The van der Waals surface area contributed by atoms with Crippen molar-refractivity contribution < 1.29 is 19.1 Å². The maximum atomic E-state index is 12.6. The number of hydrogen-bond acceptors (Lipinski definition) is 2. The number of halogens is 1. The number of benzene rings is 1. The van der Waals surface area contributed by atoms with Crippen molar-refractivity contribution in [1.82, 2.24) is 5.32 Å². The Kier molecular flexibility index (Phi) is 5.57. The minimum atomic E-state index is -1.05. The number of amides is 1. The van der Waals surface area contributed by atoms with E-state index in [1.54, 1.807) is 12.1 Å². The lowest BCUT2D eigenvalue weighted by atomic mass is 10.1. The van der Waals surface area contributed by atoms with Gasteiger partial charge in [0.05, 0.1) is 0 Å². The van der Waals surface area contributed by atoms with Crippen LogP contribution in [0.2, 0.25) is 0 Å². The van der Waals surface area contributed by atoms with Crippen molar-refractivity contribution in [1.29, 1.82) is 0 Å². The minimum absolute atomic E-state index is 0.172. The largest absolute Gasteiger partial charge is 0.478 e. The topological polar surface area (TPSA) is 66.4 Å². The number of carbonyl (C=O) groups excluding carboxylic acids is 1. The number of aryl methyl sites for hydroxylation is 1. The third kappa shape index (κ3) is 5.79. The molecule has 5 heteroatoms. The third-order valence-corrected chi connectivity index (χ3v) is 2.23. The lowest BCUT2D eigenvalue weighted by molar-refractivity contribution is -0.131.